The lowest BCUT2D eigenvalue weighted by molar-refractivity contribution is -0.196. The average Bonchev–Trinajstić information content (AvgIpc) is 2.90. The number of aliphatic hydroxyl groups is 1. The number of carbonyl (C=O) groups is 1. The summed E-state index contributed by atoms with van der Waals surface area (Å²) in [6.07, 6.45) is 5.98. The Labute approximate surface area is 129 Å². The second-order valence-electron chi connectivity index (χ2n) is 7.73. The Morgan fingerprint density at radius 1 is 1.15 bits per heavy atom. The highest BCUT2D eigenvalue weighted by atomic mass is 35.5. The normalized spacial score (nSPS) is 51.0. The second-order valence-corrected chi connectivity index (χ2v) is 9.27. The van der Waals surface area contributed by atoms with Gasteiger partial charge in [-0.05, 0) is 56.8 Å². The molecule has 5 rings (SSSR count). The van der Waals surface area contributed by atoms with Crippen LogP contribution >= 0.6 is 23.2 Å². The summed E-state index contributed by atoms with van der Waals surface area (Å²) in [4.78, 5) is 12.6. The molecule has 5 heteroatoms. The molecule has 1 N–H and O–H groups in total. The molecule has 0 radical (unpaired) electrons. The first-order chi connectivity index (χ1) is 9.30. The van der Waals surface area contributed by atoms with Gasteiger partial charge in [0, 0.05) is 5.92 Å². The van der Waals surface area contributed by atoms with Gasteiger partial charge in [0.1, 0.15) is 4.33 Å². The van der Waals surface area contributed by atoms with Gasteiger partial charge in [-0.3, -0.25) is 4.79 Å². The molecule has 3 unspecified atom stereocenters. The zero-order valence-electron chi connectivity index (χ0n) is 11.4. The largest absolute Gasteiger partial charge is 0.465 e. The third-order valence-corrected chi connectivity index (χ3v) is 6.76. The molecule has 5 fully saturated rings. The van der Waals surface area contributed by atoms with E-state index in [0.717, 1.165) is 25.7 Å². The SMILES string of the molecule is O=C(OCC1CC1(Cl)Cl)C12CC3CC(CC(O)(C3)C1)C2. The fraction of sp³-hybridized carbons (Fsp3) is 0.933. The van der Waals surface area contributed by atoms with Gasteiger partial charge in [-0.1, -0.05) is 0 Å². The first-order valence-corrected chi connectivity index (χ1v) is 8.33. The van der Waals surface area contributed by atoms with Crippen molar-refractivity contribution >= 4 is 29.2 Å². The van der Waals surface area contributed by atoms with Gasteiger partial charge in [-0.15, -0.1) is 23.2 Å². The molecule has 0 aliphatic heterocycles. The number of carbonyl (C=O) groups excluding carboxylic acids is 1. The monoisotopic (exact) mass is 318 g/mol. The van der Waals surface area contributed by atoms with Crippen LogP contribution in [0.3, 0.4) is 0 Å². The fourth-order valence-corrected chi connectivity index (χ4v) is 5.73. The lowest BCUT2D eigenvalue weighted by Gasteiger charge is -2.58. The van der Waals surface area contributed by atoms with E-state index in [-0.39, 0.29) is 11.9 Å². The summed E-state index contributed by atoms with van der Waals surface area (Å²) in [7, 11) is 0. The Bertz CT molecular complexity index is 448. The molecule has 0 heterocycles. The molecule has 3 nitrogen and oxygen atoms in total. The van der Waals surface area contributed by atoms with Crippen LogP contribution < -0.4 is 0 Å². The molecule has 0 spiro atoms. The van der Waals surface area contributed by atoms with E-state index in [9.17, 15) is 9.90 Å². The Morgan fingerprint density at radius 2 is 1.75 bits per heavy atom. The number of hydrogen-bond acceptors (Lipinski definition) is 3. The van der Waals surface area contributed by atoms with E-state index in [1.807, 2.05) is 0 Å². The molecular weight excluding hydrogens is 299 g/mol. The number of esters is 1. The number of alkyl halides is 2. The molecule has 0 saturated heterocycles. The van der Waals surface area contributed by atoms with E-state index in [2.05, 4.69) is 0 Å². The Balaban J connectivity index is 1.46. The van der Waals surface area contributed by atoms with Gasteiger partial charge in [-0.25, -0.2) is 0 Å². The second kappa shape index (κ2) is 4.05. The van der Waals surface area contributed by atoms with Gasteiger partial charge in [0.05, 0.1) is 17.6 Å². The predicted octanol–water partition coefficient (Wildman–Crippen LogP) is 3.05. The van der Waals surface area contributed by atoms with Gasteiger partial charge in [0.25, 0.3) is 0 Å². The lowest BCUT2D eigenvalue weighted by Crippen LogP contribution is -2.58. The third kappa shape index (κ3) is 2.08. The van der Waals surface area contributed by atoms with Crippen LogP contribution in [0.2, 0.25) is 0 Å². The minimum absolute atomic E-state index is 0.0757. The summed E-state index contributed by atoms with van der Waals surface area (Å²) < 4.78 is 4.82. The Hall–Kier alpha value is 0.01000. The van der Waals surface area contributed by atoms with Crippen molar-refractivity contribution in [3.8, 4) is 0 Å². The zero-order valence-corrected chi connectivity index (χ0v) is 12.9. The maximum Gasteiger partial charge on any atom is 0.312 e. The zero-order chi connectivity index (χ0) is 14.2. The van der Waals surface area contributed by atoms with Crippen LogP contribution in [0.15, 0.2) is 0 Å². The quantitative estimate of drug-likeness (QED) is 0.642. The van der Waals surface area contributed by atoms with E-state index >= 15 is 0 Å². The molecular formula is C15H20Cl2O3. The molecule has 5 saturated carbocycles. The van der Waals surface area contributed by atoms with Crippen molar-refractivity contribution in [3.63, 3.8) is 0 Å². The molecule has 0 aromatic carbocycles. The van der Waals surface area contributed by atoms with Gasteiger partial charge < -0.3 is 9.84 Å². The topological polar surface area (TPSA) is 46.5 Å². The third-order valence-electron chi connectivity index (χ3n) is 5.83. The summed E-state index contributed by atoms with van der Waals surface area (Å²) in [6, 6.07) is 0. The van der Waals surface area contributed by atoms with Crippen LogP contribution in [0.4, 0.5) is 0 Å². The van der Waals surface area contributed by atoms with Crippen LogP contribution in [-0.2, 0) is 9.53 Å². The van der Waals surface area contributed by atoms with Crippen molar-refractivity contribution in [2.75, 3.05) is 6.61 Å². The van der Waals surface area contributed by atoms with Gasteiger partial charge in [0.2, 0.25) is 0 Å². The van der Waals surface area contributed by atoms with Gasteiger partial charge in [-0.2, -0.15) is 0 Å². The summed E-state index contributed by atoms with van der Waals surface area (Å²) in [5, 5.41) is 10.6. The van der Waals surface area contributed by atoms with Crippen LogP contribution in [0, 0.1) is 23.2 Å². The average molecular weight is 319 g/mol. The Morgan fingerprint density at radius 3 is 2.25 bits per heavy atom. The fourth-order valence-electron chi connectivity index (χ4n) is 5.23. The summed E-state index contributed by atoms with van der Waals surface area (Å²) in [5.41, 5.74) is -1.06. The Kier molecular flexibility index (Phi) is 2.77. The number of rotatable bonds is 3. The molecule has 5 aliphatic carbocycles. The van der Waals surface area contributed by atoms with Crippen LogP contribution in [-0.4, -0.2) is 27.6 Å². The van der Waals surface area contributed by atoms with Crippen LogP contribution in [0.25, 0.3) is 0 Å². The van der Waals surface area contributed by atoms with Crippen LogP contribution in [0.5, 0.6) is 0 Å². The minimum Gasteiger partial charge on any atom is -0.465 e. The maximum absolute atomic E-state index is 12.6. The first-order valence-electron chi connectivity index (χ1n) is 7.58. The van der Waals surface area contributed by atoms with Gasteiger partial charge >= 0.3 is 5.97 Å². The van der Waals surface area contributed by atoms with E-state index in [1.165, 1.54) is 6.42 Å². The maximum atomic E-state index is 12.6. The smallest absolute Gasteiger partial charge is 0.312 e. The molecule has 112 valence electrons. The summed E-state index contributed by atoms with van der Waals surface area (Å²) in [5.74, 6) is 0.942. The molecule has 0 amide bonds. The van der Waals surface area contributed by atoms with Crippen LogP contribution in [0.1, 0.15) is 44.9 Å². The van der Waals surface area contributed by atoms with Crippen molar-refractivity contribution in [2.24, 2.45) is 23.2 Å². The molecule has 0 aromatic rings. The highest BCUT2D eigenvalue weighted by Crippen LogP contribution is 2.62. The molecule has 3 atom stereocenters. The number of ether oxygens (including phenoxy) is 1. The predicted molar refractivity (Wildman–Crippen MR) is 75.6 cm³/mol. The van der Waals surface area contributed by atoms with E-state index in [4.69, 9.17) is 27.9 Å². The standard InChI is InChI=1S/C15H20Cl2O3/c16-15(17)6-11(15)7-20-12(18)13-2-9-1-10(3-13)5-14(19,4-9)8-13/h9-11,19H,1-8H2. The highest BCUT2D eigenvalue weighted by molar-refractivity contribution is 6.50. The van der Waals surface area contributed by atoms with E-state index in [1.54, 1.807) is 0 Å². The summed E-state index contributed by atoms with van der Waals surface area (Å²) >= 11 is 11.9. The van der Waals surface area contributed by atoms with Crippen molar-refractivity contribution in [1.82, 2.24) is 0 Å². The first kappa shape index (κ1) is 13.7. The van der Waals surface area contributed by atoms with E-state index < -0.39 is 15.3 Å². The van der Waals surface area contributed by atoms with Gasteiger partial charge in [0.15, 0.2) is 0 Å². The number of hydrogen-bond donors (Lipinski definition) is 1. The van der Waals surface area contributed by atoms with Crippen molar-refractivity contribution in [2.45, 2.75) is 54.9 Å². The molecule has 5 aliphatic rings. The molecule has 20 heavy (non-hydrogen) atoms. The number of halogens is 2. The molecule has 0 aromatic heterocycles. The highest BCUT2D eigenvalue weighted by Gasteiger charge is 2.61. The molecule has 4 bridgehead atoms. The van der Waals surface area contributed by atoms with Crippen molar-refractivity contribution in [3.05, 3.63) is 0 Å². The lowest BCUT2D eigenvalue weighted by atomic mass is 9.48. The summed E-state index contributed by atoms with van der Waals surface area (Å²) in [6.45, 7) is 0.321. The van der Waals surface area contributed by atoms with E-state index in [0.29, 0.717) is 31.3 Å². The minimum atomic E-state index is -0.694. The van der Waals surface area contributed by atoms with Crippen molar-refractivity contribution < 1.29 is 14.6 Å². The van der Waals surface area contributed by atoms with Crippen molar-refractivity contribution in [1.29, 1.82) is 0 Å².